The second-order valence-corrected chi connectivity index (χ2v) is 6.34. The van der Waals surface area contributed by atoms with Gasteiger partial charge in [-0.15, -0.1) is 0 Å². The van der Waals surface area contributed by atoms with Gasteiger partial charge in [-0.05, 0) is 0 Å². The Hall–Kier alpha value is -0.241. The molecule has 0 N–H and O–H groups in total. The van der Waals surface area contributed by atoms with Gasteiger partial charge in [0.25, 0.3) is 0 Å². The molecule has 14 heavy (non-hydrogen) atoms. The summed E-state index contributed by atoms with van der Waals surface area (Å²) in [6.07, 6.45) is 1.21. The second-order valence-electron chi connectivity index (χ2n) is 3.06. The minimum absolute atomic E-state index is 0.646. The fourth-order valence-electron chi connectivity index (χ4n) is 1.42. The van der Waals surface area contributed by atoms with Crippen molar-refractivity contribution in [2.75, 3.05) is 7.11 Å². The number of halogens is 1. The van der Waals surface area contributed by atoms with Crippen LogP contribution in [0, 0.1) is 0 Å². The van der Waals surface area contributed by atoms with E-state index in [-0.39, 0.29) is 0 Å². The SMILES string of the molecule is COc1ccc(C2=C(Br)CC[Se]2)cc1. The van der Waals surface area contributed by atoms with Crippen molar-refractivity contribution in [1.29, 1.82) is 0 Å². The van der Waals surface area contributed by atoms with Gasteiger partial charge in [0.1, 0.15) is 0 Å². The summed E-state index contributed by atoms with van der Waals surface area (Å²) in [4.78, 5) is 0. The fourth-order valence-corrected chi connectivity index (χ4v) is 5.28. The van der Waals surface area contributed by atoms with Gasteiger partial charge in [0.05, 0.1) is 0 Å². The third-order valence-corrected chi connectivity index (χ3v) is 6.02. The predicted octanol–water partition coefficient (Wildman–Crippen LogP) is 3.28. The third-order valence-electron chi connectivity index (χ3n) is 2.17. The molecular formula is C11H11BrOSe. The first-order chi connectivity index (χ1) is 6.81. The fraction of sp³-hybridized carbons (Fsp3) is 0.273. The van der Waals surface area contributed by atoms with Crippen LogP contribution in [0.25, 0.3) is 4.47 Å². The van der Waals surface area contributed by atoms with E-state index in [9.17, 15) is 0 Å². The van der Waals surface area contributed by atoms with Crippen molar-refractivity contribution in [3.8, 4) is 5.75 Å². The Morgan fingerprint density at radius 1 is 1.29 bits per heavy atom. The molecule has 0 unspecified atom stereocenters. The molecule has 0 amide bonds. The molecule has 0 radical (unpaired) electrons. The quantitative estimate of drug-likeness (QED) is 0.761. The average Bonchev–Trinajstić information content (AvgIpc) is 2.65. The second kappa shape index (κ2) is 4.52. The molecule has 1 aromatic rings. The van der Waals surface area contributed by atoms with Crippen LogP contribution in [0.15, 0.2) is 28.7 Å². The summed E-state index contributed by atoms with van der Waals surface area (Å²) in [7, 11) is 1.70. The summed E-state index contributed by atoms with van der Waals surface area (Å²) in [6.45, 7) is 0. The molecule has 1 aromatic carbocycles. The van der Waals surface area contributed by atoms with Crippen LogP contribution in [-0.4, -0.2) is 22.1 Å². The Morgan fingerprint density at radius 3 is 2.50 bits per heavy atom. The maximum absolute atomic E-state index is 5.14. The van der Waals surface area contributed by atoms with Crippen molar-refractivity contribution >= 4 is 35.4 Å². The maximum atomic E-state index is 5.14. The van der Waals surface area contributed by atoms with Gasteiger partial charge < -0.3 is 0 Å². The third kappa shape index (κ3) is 2.05. The number of hydrogen-bond donors (Lipinski definition) is 0. The van der Waals surface area contributed by atoms with Crippen LogP contribution < -0.4 is 4.74 Å². The van der Waals surface area contributed by atoms with E-state index in [1.165, 1.54) is 26.3 Å². The Labute approximate surface area is 98.8 Å². The summed E-state index contributed by atoms with van der Waals surface area (Å²) in [5.74, 6) is 0.927. The summed E-state index contributed by atoms with van der Waals surface area (Å²) in [6, 6.07) is 8.33. The number of allylic oxidation sites excluding steroid dienone is 1. The number of hydrogen-bond acceptors (Lipinski definition) is 1. The predicted molar refractivity (Wildman–Crippen MR) is 64.0 cm³/mol. The Balaban J connectivity index is 2.29. The van der Waals surface area contributed by atoms with Crippen LogP contribution in [0.2, 0.25) is 5.32 Å². The molecule has 0 spiro atoms. The average molecular weight is 318 g/mol. The van der Waals surface area contributed by atoms with Gasteiger partial charge in [-0.3, -0.25) is 0 Å². The summed E-state index contributed by atoms with van der Waals surface area (Å²) in [5, 5.41) is 1.33. The van der Waals surface area contributed by atoms with Gasteiger partial charge in [-0.2, -0.15) is 0 Å². The summed E-state index contributed by atoms with van der Waals surface area (Å²) >= 11 is 4.29. The van der Waals surface area contributed by atoms with Crippen LogP contribution in [-0.2, 0) is 0 Å². The van der Waals surface area contributed by atoms with Crippen molar-refractivity contribution in [2.45, 2.75) is 11.7 Å². The van der Waals surface area contributed by atoms with Gasteiger partial charge in [-0.25, -0.2) is 0 Å². The van der Waals surface area contributed by atoms with Crippen molar-refractivity contribution in [3.63, 3.8) is 0 Å². The Bertz CT molecular complexity index is 356. The van der Waals surface area contributed by atoms with E-state index in [0.717, 1.165) is 5.75 Å². The molecular weight excluding hydrogens is 307 g/mol. The van der Waals surface area contributed by atoms with Gasteiger partial charge in [-0.1, -0.05) is 0 Å². The molecule has 1 aliphatic heterocycles. The standard InChI is InChI=1S/C11H11BrOSe/c1-13-9-4-2-8(3-5-9)11-10(12)6-7-14-11/h2-5H,6-7H2,1H3. The zero-order valence-electron chi connectivity index (χ0n) is 7.92. The van der Waals surface area contributed by atoms with E-state index in [4.69, 9.17) is 4.74 Å². The molecule has 0 fully saturated rings. The molecule has 1 nitrogen and oxygen atoms in total. The van der Waals surface area contributed by atoms with E-state index < -0.39 is 0 Å². The van der Waals surface area contributed by atoms with Crippen molar-refractivity contribution < 1.29 is 4.74 Å². The van der Waals surface area contributed by atoms with E-state index in [1.807, 2.05) is 12.1 Å². The molecule has 2 rings (SSSR count). The first-order valence-corrected chi connectivity index (χ1v) is 7.33. The summed E-state index contributed by atoms with van der Waals surface area (Å²) in [5.41, 5.74) is 1.34. The Morgan fingerprint density at radius 2 is 2.00 bits per heavy atom. The first kappa shape index (κ1) is 10.3. The molecule has 3 heteroatoms. The first-order valence-electron chi connectivity index (χ1n) is 4.47. The summed E-state index contributed by atoms with van der Waals surface area (Å²) < 4.78 is 8.04. The molecule has 0 atom stereocenters. The molecule has 1 heterocycles. The topological polar surface area (TPSA) is 9.23 Å². The Kier molecular flexibility index (Phi) is 3.32. The van der Waals surface area contributed by atoms with Gasteiger partial charge in [0.15, 0.2) is 0 Å². The molecule has 74 valence electrons. The zero-order valence-corrected chi connectivity index (χ0v) is 11.2. The minimum atomic E-state index is 0.646. The molecule has 0 saturated carbocycles. The molecule has 1 aliphatic rings. The van der Waals surface area contributed by atoms with Crippen molar-refractivity contribution in [3.05, 3.63) is 34.3 Å². The zero-order chi connectivity index (χ0) is 9.97. The normalized spacial score (nSPS) is 16.1. The van der Waals surface area contributed by atoms with Crippen LogP contribution >= 0.6 is 15.9 Å². The monoisotopic (exact) mass is 318 g/mol. The van der Waals surface area contributed by atoms with Gasteiger partial charge in [0, 0.05) is 0 Å². The van der Waals surface area contributed by atoms with E-state index >= 15 is 0 Å². The van der Waals surface area contributed by atoms with Crippen LogP contribution in [0.5, 0.6) is 5.75 Å². The van der Waals surface area contributed by atoms with Gasteiger partial charge in [0.2, 0.25) is 0 Å². The van der Waals surface area contributed by atoms with Gasteiger partial charge >= 0.3 is 99.0 Å². The molecule has 0 aliphatic carbocycles. The number of rotatable bonds is 2. The van der Waals surface area contributed by atoms with Crippen LogP contribution in [0.4, 0.5) is 0 Å². The van der Waals surface area contributed by atoms with Crippen LogP contribution in [0.3, 0.4) is 0 Å². The van der Waals surface area contributed by atoms with Crippen molar-refractivity contribution in [1.82, 2.24) is 0 Å². The number of ether oxygens (including phenoxy) is 1. The van der Waals surface area contributed by atoms with E-state index in [0.29, 0.717) is 15.0 Å². The van der Waals surface area contributed by atoms with Crippen molar-refractivity contribution in [2.24, 2.45) is 0 Å². The number of methoxy groups -OCH3 is 1. The molecule has 0 bridgehead atoms. The molecule has 0 aromatic heterocycles. The van der Waals surface area contributed by atoms with E-state index in [2.05, 4.69) is 28.1 Å². The van der Waals surface area contributed by atoms with Crippen LogP contribution in [0.1, 0.15) is 12.0 Å². The van der Waals surface area contributed by atoms with E-state index in [1.54, 1.807) is 7.11 Å². The number of benzene rings is 1. The molecule has 0 saturated heterocycles.